The van der Waals surface area contributed by atoms with Crippen LogP contribution in [0.2, 0.25) is 0 Å². The minimum Gasteiger partial charge on any atom is -0.316 e. The molecule has 2 heteroatoms. The second-order valence-corrected chi connectivity index (χ2v) is 4.32. The minimum atomic E-state index is 1.08. The third-order valence-electron chi connectivity index (χ3n) is 1.87. The van der Waals surface area contributed by atoms with Gasteiger partial charge in [-0.1, -0.05) is 32.3 Å². The van der Waals surface area contributed by atoms with Gasteiger partial charge in [0.25, 0.3) is 0 Å². The SMILES string of the molecule is C=CCSCCNCCCCCC. The Hall–Kier alpha value is 0.0500. The number of nitrogens with one attached hydrogen (secondary N) is 1. The third-order valence-corrected chi connectivity index (χ3v) is 2.83. The molecule has 0 radical (unpaired) electrons. The van der Waals surface area contributed by atoms with Crippen molar-refractivity contribution in [3.8, 4) is 0 Å². The normalized spacial score (nSPS) is 10.2. The highest BCUT2D eigenvalue weighted by atomic mass is 32.2. The molecule has 0 amide bonds. The first-order valence-corrected chi connectivity index (χ1v) is 6.46. The highest BCUT2D eigenvalue weighted by Gasteiger charge is 1.88. The molecule has 0 saturated heterocycles. The average molecular weight is 201 g/mol. The van der Waals surface area contributed by atoms with E-state index in [1.807, 2.05) is 17.8 Å². The lowest BCUT2D eigenvalue weighted by Gasteiger charge is -2.03. The summed E-state index contributed by atoms with van der Waals surface area (Å²) in [4.78, 5) is 0. The first-order valence-electron chi connectivity index (χ1n) is 5.31. The van der Waals surface area contributed by atoms with Gasteiger partial charge < -0.3 is 5.32 Å². The summed E-state index contributed by atoms with van der Waals surface area (Å²) in [6.07, 6.45) is 7.39. The van der Waals surface area contributed by atoms with E-state index in [-0.39, 0.29) is 0 Å². The molecule has 0 bridgehead atoms. The summed E-state index contributed by atoms with van der Waals surface area (Å²) >= 11 is 1.94. The van der Waals surface area contributed by atoms with Gasteiger partial charge in [0, 0.05) is 18.1 Å². The van der Waals surface area contributed by atoms with Gasteiger partial charge in [-0.25, -0.2) is 0 Å². The predicted molar refractivity (Wildman–Crippen MR) is 64.5 cm³/mol. The molecule has 0 saturated carbocycles. The number of hydrogen-bond donors (Lipinski definition) is 1. The van der Waals surface area contributed by atoms with Crippen LogP contribution in [-0.2, 0) is 0 Å². The monoisotopic (exact) mass is 201 g/mol. The van der Waals surface area contributed by atoms with Crippen molar-refractivity contribution in [3.63, 3.8) is 0 Å². The van der Waals surface area contributed by atoms with Gasteiger partial charge in [-0.2, -0.15) is 11.8 Å². The molecule has 0 aromatic rings. The van der Waals surface area contributed by atoms with Crippen molar-refractivity contribution in [2.24, 2.45) is 0 Å². The molecule has 0 aromatic carbocycles. The van der Waals surface area contributed by atoms with Crippen molar-refractivity contribution >= 4 is 11.8 Å². The molecule has 13 heavy (non-hydrogen) atoms. The van der Waals surface area contributed by atoms with E-state index in [0.717, 1.165) is 12.3 Å². The Morgan fingerprint density at radius 1 is 1.23 bits per heavy atom. The van der Waals surface area contributed by atoms with E-state index in [9.17, 15) is 0 Å². The van der Waals surface area contributed by atoms with Gasteiger partial charge >= 0.3 is 0 Å². The molecule has 0 fully saturated rings. The summed E-state index contributed by atoms with van der Waals surface area (Å²) in [7, 11) is 0. The van der Waals surface area contributed by atoms with Crippen LogP contribution in [-0.4, -0.2) is 24.6 Å². The van der Waals surface area contributed by atoms with E-state index in [1.165, 1.54) is 38.0 Å². The lowest BCUT2D eigenvalue weighted by atomic mass is 10.2. The molecule has 0 heterocycles. The Morgan fingerprint density at radius 2 is 2.08 bits per heavy atom. The van der Waals surface area contributed by atoms with Crippen LogP contribution in [0, 0.1) is 0 Å². The molecule has 0 aliphatic heterocycles. The molecule has 0 atom stereocenters. The van der Waals surface area contributed by atoms with Gasteiger partial charge in [0.1, 0.15) is 0 Å². The molecule has 0 aliphatic rings. The first kappa shape index (κ1) is 13.1. The Kier molecular flexibility index (Phi) is 12.1. The second-order valence-electron chi connectivity index (χ2n) is 3.17. The molecular weight excluding hydrogens is 178 g/mol. The van der Waals surface area contributed by atoms with Crippen LogP contribution in [0.4, 0.5) is 0 Å². The van der Waals surface area contributed by atoms with Gasteiger partial charge in [0.2, 0.25) is 0 Å². The highest BCUT2D eigenvalue weighted by molar-refractivity contribution is 7.99. The van der Waals surface area contributed by atoms with E-state index in [2.05, 4.69) is 18.8 Å². The van der Waals surface area contributed by atoms with Crippen molar-refractivity contribution in [2.75, 3.05) is 24.6 Å². The van der Waals surface area contributed by atoms with Crippen LogP contribution in [0.5, 0.6) is 0 Å². The maximum Gasteiger partial charge on any atom is 0.0111 e. The van der Waals surface area contributed by atoms with E-state index >= 15 is 0 Å². The molecule has 0 spiro atoms. The highest BCUT2D eigenvalue weighted by Crippen LogP contribution is 1.98. The predicted octanol–water partition coefficient (Wildman–Crippen LogP) is 3.08. The van der Waals surface area contributed by atoms with E-state index in [4.69, 9.17) is 0 Å². The van der Waals surface area contributed by atoms with Crippen LogP contribution < -0.4 is 5.32 Å². The fourth-order valence-corrected chi connectivity index (χ4v) is 1.73. The van der Waals surface area contributed by atoms with E-state index in [0.29, 0.717) is 0 Å². The quantitative estimate of drug-likeness (QED) is 0.430. The fraction of sp³-hybridized carbons (Fsp3) is 0.818. The number of unbranched alkanes of at least 4 members (excludes halogenated alkanes) is 3. The molecule has 0 aromatic heterocycles. The van der Waals surface area contributed by atoms with E-state index < -0.39 is 0 Å². The van der Waals surface area contributed by atoms with Crippen molar-refractivity contribution in [1.29, 1.82) is 0 Å². The zero-order chi connectivity index (χ0) is 9.78. The Labute approximate surface area is 87.4 Å². The third kappa shape index (κ3) is 12.1. The zero-order valence-corrected chi connectivity index (χ0v) is 9.67. The molecule has 0 unspecified atom stereocenters. The summed E-state index contributed by atoms with van der Waals surface area (Å²) in [6, 6.07) is 0. The van der Waals surface area contributed by atoms with Gasteiger partial charge in [0.05, 0.1) is 0 Å². The fourth-order valence-electron chi connectivity index (χ4n) is 1.11. The van der Waals surface area contributed by atoms with Gasteiger partial charge in [-0.15, -0.1) is 6.58 Å². The summed E-state index contributed by atoms with van der Waals surface area (Å²) in [6.45, 7) is 8.27. The van der Waals surface area contributed by atoms with Gasteiger partial charge in [0.15, 0.2) is 0 Å². The van der Waals surface area contributed by atoms with Crippen LogP contribution in [0.3, 0.4) is 0 Å². The standard InChI is InChI=1S/C11H23NS/c1-3-5-6-7-8-12-9-11-13-10-4-2/h4,12H,2-3,5-11H2,1H3. The maximum absolute atomic E-state index is 3.69. The average Bonchev–Trinajstić information content (AvgIpc) is 2.16. The lowest BCUT2D eigenvalue weighted by Crippen LogP contribution is -2.18. The number of hydrogen-bond acceptors (Lipinski definition) is 2. The van der Waals surface area contributed by atoms with Crippen LogP contribution in [0.1, 0.15) is 32.6 Å². The molecule has 0 aliphatic carbocycles. The summed E-state index contributed by atoms with van der Waals surface area (Å²) in [5.74, 6) is 2.29. The van der Waals surface area contributed by atoms with Gasteiger partial charge in [-0.3, -0.25) is 0 Å². The lowest BCUT2D eigenvalue weighted by molar-refractivity contribution is 0.613. The maximum atomic E-state index is 3.69. The summed E-state index contributed by atoms with van der Waals surface area (Å²) in [5.41, 5.74) is 0. The first-order chi connectivity index (χ1) is 6.41. The number of thioether (sulfide) groups is 1. The van der Waals surface area contributed by atoms with Crippen LogP contribution in [0.25, 0.3) is 0 Å². The molecule has 78 valence electrons. The Balaban J connectivity index is 2.79. The van der Waals surface area contributed by atoms with E-state index in [1.54, 1.807) is 0 Å². The molecule has 1 nitrogen and oxygen atoms in total. The summed E-state index contributed by atoms with van der Waals surface area (Å²) in [5, 5.41) is 3.45. The molecular formula is C11H23NS. The Bertz CT molecular complexity index is 104. The smallest absolute Gasteiger partial charge is 0.0111 e. The minimum absolute atomic E-state index is 1.08. The number of rotatable bonds is 10. The van der Waals surface area contributed by atoms with Crippen LogP contribution >= 0.6 is 11.8 Å². The van der Waals surface area contributed by atoms with Crippen molar-refractivity contribution in [2.45, 2.75) is 32.6 Å². The zero-order valence-electron chi connectivity index (χ0n) is 8.85. The van der Waals surface area contributed by atoms with Gasteiger partial charge in [-0.05, 0) is 13.0 Å². The topological polar surface area (TPSA) is 12.0 Å². The summed E-state index contributed by atoms with van der Waals surface area (Å²) < 4.78 is 0. The molecule has 0 rings (SSSR count). The second kappa shape index (κ2) is 12.0. The van der Waals surface area contributed by atoms with Crippen LogP contribution in [0.15, 0.2) is 12.7 Å². The van der Waals surface area contributed by atoms with Crippen molar-refractivity contribution in [3.05, 3.63) is 12.7 Å². The van der Waals surface area contributed by atoms with Crippen molar-refractivity contribution < 1.29 is 0 Å². The van der Waals surface area contributed by atoms with Crippen molar-refractivity contribution in [1.82, 2.24) is 5.32 Å². The largest absolute Gasteiger partial charge is 0.316 e. The Morgan fingerprint density at radius 3 is 2.77 bits per heavy atom. The molecule has 1 N–H and O–H groups in total.